The minimum atomic E-state index is -5.10. The van der Waals surface area contributed by atoms with Gasteiger partial charge >= 0.3 is 13.5 Å². The smallest absolute Gasteiger partial charge is 0.403 e. The summed E-state index contributed by atoms with van der Waals surface area (Å²) in [5.74, 6) is -4.94. The molecule has 2 aliphatic heterocycles. The minimum absolute atomic E-state index is 0.109. The molecule has 0 radical (unpaired) electrons. The van der Waals surface area contributed by atoms with Crippen LogP contribution in [0.15, 0.2) is 21.9 Å². The maximum atomic E-state index is 16.1. The molecule has 0 bridgehead atoms. The number of hydrogen-bond donors (Lipinski definition) is 4. The number of nitrogens with zero attached hydrogens (tertiary/aromatic N) is 1. The number of nitrogens with one attached hydrogen (secondary N) is 1. The highest BCUT2D eigenvalue weighted by atomic mass is 31.2. The zero-order valence-electron chi connectivity index (χ0n) is 24.7. The van der Waals surface area contributed by atoms with Gasteiger partial charge in [-0.3, -0.25) is 23.4 Å². The highest BCUT2D eigenvalue weighted by molar-refractivity contribution is 7.49. The normalized spacial score (nSPS) is 29.9. The summed E-state index contributed by atoms with van der Waals surface area (Å²) >= 11 is 0. The van der Waals surface area contributed by atoms with E-state index >= 15 is 8.78 Å². The van der Waals surface area contributed by atoms with E-state index in [9.17, 15) is 29.5 Å². The Morgan fingerprint density at radius 2 is 1.85 bits per heavy atom. The largest absolute Gasteiger partial charge is 0.530 e. The Kier molecular flexibility index (Phi) is 7.01. The van der Waals surface area contributed by atoms with E-state index in [-0.39, 0.29) is 16.9 Å². The van der Waals surface area contributed by atoms with Crippen LogP contribution in [0.25, 0.3) is 0 Å². The van der Waals surface area contributed by atoms with Crippen LogP contribution in [0.3, 0.4) is 0 Å². The molecule has 4 N–H and O–H groups in total. The second kappa shape index (κ2) is 10.1. The van der Waals surface area contributed by atoms with E-state index in [2.05, 4.69) is 0 Å². The number of aliphatic hydroxyl groups is 3. The number of rotatable bonds is 5. The molecule has 15 heteroatoms. The Labute approximate surface area is 230 Å². The van der Waals surface area contributed by atoms with Crippen LogP contribution in [-0.4, -0.2) is 49.5 Å². The van der Waals surface area contributed by atoms with Gasteiger partial charge in [0.25, 0.3) is 11.4 Å². The number of ether oxygens (including phenoxy) is 1. The first kappa shape index (κ1) is 27.7. The Balaban J connectivity index is 1.71. The van der Waals surface area contributed by atoms with Gasteiger partial charge < -0.3 is 24.6 Å². The molecule has 0 spiro atoms. The van der Waals surface area contributed by atoms with Gasteiger partial charge in [-0.25, -0.2) is 18.1 Å². The molecule has 1 aromatic heterocycles. The van der Waals surface area contributed by atoms with Gasteiger partial charge in [-0.05, 0) is 22.5 Å². The second-order valence-corrected chi connectivity index (χ2v) is 13.2. The lowest BCUT2D eigenvalue weighted by Crippen LogP contribution is -2.43. The van der Waals surface area contributed by atoms with Crippen LogP contribution in [0, 0.1) is 5.82 Å². The molecular formula is C25H33F2N2O10P. The maximum absolute atomic E-state index is 16.1. The Bertz CT molecular complexity index is 1570. The third kappa shape index (κ3) is 5.41. The molecule has 1 saturated heterocycles. The summed E-state index contributed by atoms with van der Waals surface area (Å²) in [5, 5.41) is 30.3. The van der Waals surface area contributed by atoms with Gasteiger partial charge in [0.15, 0.2) is 6.23 Å². The number of H-pyrrole nitrogens is 1. The van der Waals surface area contributed by atoms with Crippen LogP contribution >= 0.6 is 7.82 Å². The molecule has 0 amide bonds. The molecule has 222 valence electrons. The van der Waals surface area contributed by atoms with Crippen molar-refractivity contribution in [2.24, 2.45) is 0 Å². The highest BCUT2D eigenvalue weighted by Crippen LogP contribution is 2.58. The number of hydrogen-bond acceptors (Lipinski definition) is 10. The molecule has 40 heavy (non-hydrogen) atoms. The number of alkyl halides is 1. The fraction of sp³-hybridized carbons (Fsp3) is 0.600. The summed E-state index contributed by atoms with van der Waals surface area (Å²) in [7, 11) is -5.10. The lowest BCUT2D eigenvalue weighted by molar-refractivity contribution is -0.205. The van der Waals surface area contributed by atoms with Crippen molar-refractivity contribution in [1.29, 1.82) is 0 Å². The first-order valence-electron chi connectivity index (χ1n) is 13.3. The second-order valence-electron chi connectivity index (χ2n) is 11.7. The first-order valence-corrected chi connectivity index (χ1v) is 13.7. The van der Waals surface area contributed by atoms with Crippen molar-refractivity contribution in [2.75, 3.05) is 6.56 Å². The van der Waals surface area contributed by atoms with Gasteiger partial charge in [0, 0.05) is 11.8 Å². The van der Waals surface area contributed by atoms with E-state index in [4.69, 9.17) is 21.0 Å². The van der Waals surface area contributed by atoms with E-state index < -0.39 is 79.8 Å². The predicted octanol–water partition coefficient (Wildman–Crippen LogP) is 2.41. The third-order valence-corrected chi connectivity index (χ3v) is 7.73. The fourth-order valence-electron chi connectivity index (χ4n) is 4.30. The summed E-state index contributed by atoms with van der Waals surface area (Å²) in [4.78, 5) is 25.9. The zero-order chi connectivity index (χ0) is 31.8. The van der Waals surface area contributed by atoms with E-state index in [0.717, 1.165) is 6.20 Å². The van der Waals surface area contributed by atoms with Crippen molar-refractivity contribution >= 4 is 7.82 Å². The molecule has 2 aliphatic rings. The summed E-state index contributed by atoms with van der Waals surface area (Å²) in [5.41, 5.74) is -3.37. The van der Waals surface area contributed by atoms with Crippen LogP contribution < -0.4 is 15.8 Å². The SMILES string of the molecule is [2H]C([2H])(OP1(=O)OCc2c(F)c(C(C)(C)C)cc(C(C)(C)C)c2O1)[C@@]1(F)O[C@@H](n2cc(CO)c(=O)[nH]c2=O)[C@H](O)[C@@H]1O. The monoisotopic (exact) mass is 592 g/mol. The Morgan fingerprint density at radius 1 is 1.23 bits per heavy atom. The number of phosphoric acid groups is 1. The van der Waals surface area contributed by atoms with Crippen molar-refractivity contribution in [3.8, 4) is 5.75 Å². The molecule has 1 aromatic carbocycles. The number of halogens is 2. The van der Waals surface area contributed by atoms with Crippen LogP contribution in [-0.2, 0) is 42.4 Å². The number of benzene rings is 1. The van der Waals surface area contributed by atoms with Crippen LogP contribution in [0.1, 0.15) is 72.8 Å². The maximum Gasteiger partial charge on any atom is 0.530 e. The molecule has 2 aromatic rings. The number of fused-ring (bicyclic) bond motifs is 1. The minimum Gasteiger partial charge on any atom is -0.403 e. The van der Waals surface area contributed by atoms with Gasteiger partial charge in [-0.15, -0.1) is 0 Å². The fourth-order valence-corrected chi connectivity index (χ4v) is 5.40. The zero-order valence-corrected chi connectivity index (χ0v) is 23.5. The summed E-state index contributed by atoms with van der Waals surface area (Å²) in [6.07, 6.45) is -6.47. The van der Waals surface area contributed by atoms with Gasteiger partial charge in [-0.2, -0.15) is 0 Å². The molecule has 3 heterocycles. The topological polar surface area (TPSA) is 170 Å². The van der Waals surface area contributed by atoms with Crippen molar-refractivity contribution in [1.82, 2.24) is 9.55 Å². The van der Waals surface area contributed by atoms with Gasteiger partial charge in [0.05, 0.1) is 27.1 Å². The average Bonchev–Trinajstić information content (AvgIpc) is 3.07. The molecule has 0 saturated carbocycles. The van der Waals surface area contributed by atoms with Gasteiger partial charge in [-0.1, -0.05) is 41.5 Å². The van der Waals surface area contributed by atoms with Crippen molar-refractivity contribution in [3.63, 3.8) is 0 Å². The molecule has 5 atom stereocenters. The van der Waals surface area contributed by atoms with E-state index in [1.54, 1.807) is 41.5 Å². The number of phosphoric ester groups is 1. The van der Waals surface area contributed by atoms with E-state index in [1.165, 1.54) is 6.07 Å². The lowest BCUT2D eigenvalue weighted by Gasteiger charge is -2.34. The lowest BCUT2D eigenvalue weighted by atomic mass is 9.78. The van der Waals surface area contributed by atoms with Crippen LogP contribution in [0.5, 0.6) is 5.75 Å². The van der Waals surface area contributed by atoms with E-state index in [0.29, 0.717) is 15.7 Å². The third-order valence-electron chi connectivity index (χ3n) is 6.57. The predicted molar refractivity (Wildman–Crippen MR) is 136 cm³/mol. The van der Waals surface area contributed by atoms with E-state index in [1.807, 2.05) is 4.98 Å². The van der Waals surface area contributed by atoms with Crippen molar-refractivity contribution in [3.05, 3.63) is 61.2 Å². The number of aromatic amines is 1. The summed E-state index contributed by atoms with van der Waals surface area (Å²) in [6, 6.07) is 1.53. The van der Waals surface area contributed by atoms with Gasteiger partial charge in [0.1, 0.15) is 30.3 Å². The summed E-state index contributed by atoms with van der Waals surface area (Å²) < 4.78 is 82.5. The average molecular weight is 593 g/mol. The van der Waals surface area contributed by atoms with Gasteiger partial charge in [0.2, 0.25) is 0 Å². The molecular weight excluding hydrogens is 557 g/mol. The standard InChI is InChI=1S/C25H33F2N2O10P/c1-23(2,3)14-7-15(24(4,5)6)18-13(16(14)26)10-36-40(35,39-18)37-11-25(27)19(32)17(31)21(38-25)29-8-12(9-30)20(33)28-22(29)34/h7-8,17,19,21,30-32H,9-11H2,1-6H3,(H,28,33,34)/t17-,19+,21-,25-,40?/m1/s1/i11D2. The molecule has 1 unspecified atom stereocenters. The van der Waals surface area contributed by atoms with Crippen molar-refractivity contribution < 1.29 is 49.7 Å². The van der Waals surface area contributed by atoms with Crippen molar-refractivity contribution in [2.45, 2.75) is 89.9 Å². The highest BCUT2D eigenvalue weighted by Gasteiger charge is 2.58. The first-order chi connectivity index (χ1) is 19.1. The Hall–Kier alpha value is -2.45. The summed E-state index contributed by atoms with van der Waals surface area (Å²) in [6.45, 7) is 5.25. The number of aliphatic hydroxyl groups excluding tert-OH is 3. The molecule has 4 rings (SSSR count). The molecule has 12 nitrogen and oxygen atoms in total. The van der Waals surface area contributed by atoms with Crippen LogP contribution in [0.4, 0.5) is 8.78 Å². The van der Waals surface area contributed by atoms with Crippen LogP contribution in [0.2, 0.25) is 0 Å². The molecule has 1 fully saturated rings. The quantitative estimate of drug-likeness (QED) is 0.378. The number of aromatic nitrogens is 2. The Morgan fingerprint density at radius 3 is 2.42 bits per heavy atom. The molecule has 0 aliphatic carbocycles.